The van der Waals surface area contributed by atoms with Crippen LogP contribution in [-0.2, 0) is 19.1 Å². The van der Waals surface area contributed by atoms with Crippen LogP contribution in [0.4, 0.5) is 0 Å². The smallest absolute Gasteiger partial charge is 0.330 e. The van der Waals surface area contributed by atoms with Crippen LogP contribution in [0.15, 0.2) is 0 Å². The summed E-state index contributed by atoms with van der Waals surface area (Å²) in [4.78, 5) is 24.1. The fraction of sp³-hybridized carbons (Fsp3) is 0.882. The van der Waals surface area contributed by atoms with Crippen LogP contribution < -0.4 is 5.32 Å². The van der Waals surface area contributed by atoms with Crippen molar-refractivity contribution in [3.05, 3.63) is 0 Å². The lowest BCUT2D eigenvalue weighted by atomic mass is 9.54. The van der Waals surface area contributed by atoms with Gasteiger partial charge in [-0.05, 0) is 32.6 Å². The number of carbonyl (C=O) groups excluding carboxylic acids is 1. The minimum absolute atomic E-state index is 0.126. The first-order valence-electron chi connectivity index (χ1n) is 8.61. The van der Waals surface area contributed by atoms with Crippen molar-refractivity contribution in [1.82, 2.24) is 5.32 Å². The highest BCUT2D eigenvalue weighted by Crippen LogP contribution is 2.51. The molecule has 3 unspecified atom stereocenters. The highest BCUT2D eigenvalue weighted by Gasteiger charge is 2.66. The third kappa shape index (κ3) is 3.53. The maximum Gasteiger partial charge on any atom is 0.330 e. The fourth-order valence-corrected chi connectivity index (χ4v) is 3.66. The third-order valence-corrected chi connectivity index (χ3v) is 5.45. The molecule has 0 spiro atoms. The second-order valence-corrected chi connectivity index (χ2v) is 7.16. The first kappa shape index (κ1) is 18.2. The number of rotatable bonds is 7. The van der Waals surface area contributed by atoms with Crippen molar-refractivity contribution in [2.75, 3.05) is 13.2 Å². The molecule has 6 heteroatoms. The molecule has 0 aromatic carbocycles. The number of ether oxygens (including phenoxy) is 2. The second-order valence-electron chi connectivity index (χ2n) is 7.16. The Hall–Kier alpha value is -1.14. The van der Waals surface area contributed by atoms with E-state index in [4.69, 9.17) is 9.47 Å². The van der Waals surface area contributed by atoms with Crippen molar-refractivity contribution in [2.45, 2.75) is 77.0 Å². The van der Waals surface area contributed by atoms with Crippen molar-refractivity contribution < 1.29 is 24.2 Å². The van der Waals surface area contributed by atoms with Gasteiger partial charge in [0.25, 0.3) is 0 Å². The van der Waals surface area contributed by atoms with E-state index in [2.05, 4.69) is 5.32 Å². The van der Waals surface area contributed by atoms with Crippen molar-refractivity contribution in [1.29, 1.82) is 0 Å². The molecular formula is C17H29NO5. The monoisotopic (exact) mass is 327 g/mol. The van der Waals surface area contributed by atoms with Gasteiger partial charge in [-0.15, -0.1) is 0 Å². The Morgan fingerprint density at radius 2 is 2.09 bits per heavy atom. The standard InChI is InChI=1S/C17H29NO5/c1-4-22-13-11-17(15(20)21,16(13,2)3)18-14(19)9-8-12-7-5-6-10-23-12/h12-13H,4-11H2,1-3H3,(H,18,19)(H,20,21). The first-order chi connectivity index (χ1) is 10.8. The molecule has 2 fully saturated rings. The summed E-state index contributed by atoms with van der Waals surface area (Å²) in [5.74, 6) is -1.20. The molecule has 0 bridgehead atoms. The molecule has 3 atom stereocenters. The van der Waals surface area contributed by atoms with E-state index >= 15 is 0 Å². The Labute approximate surface area is 137 Å². The average molecular weight is 327 g/mol. The van der Waals surface area contributed by atoms with Crippen LogP contribution in [0.3, 0.4) is 0 Å². The largest absolute Gasteiger partial charge is 0.479 e. The summed E-state index contributed by atoms with van der Waals surface area (Å²) in [6, 6.07) is 0. The van der Waals surface area contributed by atoms with Crippen molar-refractivity contribution >= 4 is 11.9 Å². The molecule has 132 valence electrons. The fourth-order valence-electron chi connectivity index (χ4n) is 3.66. The summed E-state index contributed by atoms with van der Waals surface area (Å²) in [6.45, 7) is 6.87. The molecule has 1 heterocycles. The lowest BCUT2D eigenvalue weighted by Crippen LogP contribution is -2.76. The molecule has 6 nitrogen and oxygen atoms in total. The van der Waals surface area contributed by atoms with Gasteiger partial charge in [0, 0.05) is 31.5 Å². The van der Waals surface area contributed by atoms with Crippen LogP contribution in [0.2, 0.25) is 0 Å². The van der Waals surface area contributed by atoms with Gasteiger partial charge in [-0.3, -0.25) is 4.79 Å². The maximum atomic E-state index is 12.3. The zero-order valence-corrected chi connectivity index (χ0v) is 14.4. The zero-order chi connectivity index (χ0) is 17.1. The molecule has 1 saturated heterocycles. The Morgan fingerprint density at radius 1 is 1.35 bits per heavy atom. The lowest BCUT2D eigenvalue weighted by Gasteiger charge is -2.58. The van der Waals surface area contributed by atoms with Gasteiger partial charge < -0.3 is 19.9 Å². The Bertz CT molecular complexity index is 444. The highest BCUT2D eigenvalue weighted by atomic mass is 16.5. The summed E-state index contributed by atoms with van der Waals surface area (Å²) in [5, 5.41) is 12.4. The number of amides is 1. The third-order valence-electron chi connectivity index (χ3n) is 5.45. The van der Waals surface area contributed by atoms with Gasteiger partial charge in [-0.1, -0.05) is 13.8 Å². The van der Waals surface area contributed by atoms with Crippen molar-refractivity contribution in [3.8, 4) is 0 Å². The normalized spacial score (nSPS) is 32.8. The number of carboxylic acids is 1. The molecule has 0 radical (unpaired) electrons. The van der Waals surface area contributed by atoms with Gasteiger partial charge in [0.1, 0.15) is 5.54 Å². The van der Waals surface area contributed by atoms with Crippen LogP contribution in [-0.4, -0.2) is 47.9 Å². The summed E-state index contributed by atoms with van der Waals surface area (Å²) in [7, 11) is 0. The van der Waals surface area contributed by atoms with Crippen LogP contribution in [0.25, 0.3) is 0 Å². The number of carboxylic acid groups (broad SMARTS) is 1. The Kier molecular flexibility index (Phi) is 5.68. The maximum absolute atomic E-state index is 12.3. The topological polar surface area (TPSA) is 84.9 Å². The molecule has 2 N–H and O–H groups in total. The number of carbonyl (C=O) groups is 2. The van der Waals surface area contributed by atoms with Crippen LogP contribution in [0.1, 0.15) is 59.3 Å². The molecule has 1 saturated carbocycles. The number of nitrogens with one attached hydrogen (secondary N) is 1. The molecule has 0 aromatic heterocycles. The second kappa shape index (κ2) is 7.18. The van der Waals surface area contributed by atoms with Crippen molar-refractivity contribution in [3.63, 3.8) is 0 Å². The summed E-state index contributed by atoms with van der Waals surface area (Å²) < 4.78 is 11.2. The minimum Gasteiger partial charge on any atom is -0.479 e. The van der Waals surface area contributed by atoms with E-state index in [1.807, 2.05) is 20.8 Å². The predicted octanol–water partition coefficient (Wildman–Crippen LogP) is 2.11. The van der Waals surface area contributed by atoms with Crippen LogP contribution >= 0.6 is 0 Å². The molecular weight excluding hydrogens is 298 g/mol. The molecule has 1 aliphatic carbocycles. The molecule has 2 aliphatic rings. The summed E-state index contributed by atoms with van der Waals surface area (Å²) in [6.07, 6.45) is 4.44. The van der Waals surface area contributed by atoms with E-state index in [-0.39, 0.29) is 18.1 Å². The van der Waals surface area contributed by atoms with E-state index in [1.54, 1.807) is 0 Å². The summed E-state index contributed by atoms with van der Waals surface area (Å²) in [5.41, 5.74) is -1.87. The van der Waals surface area contributed by atoms with Gasteiger partial charge in [-0.25, -0.2) is 4.79 Å². The number of hydrogen-bond donors (Lipinski definition) is 2. The van der Waals surface area contributed by atoms with E-state index in [0.717, 1.165) is 25.9 Å². The van der Waals surface area contributed by atoms with Gasteiger partial charge in [-0.2, -0.15) is 0 Å². The Morgan fingerprint density at radius 3 is 2.61 bits per heavy atom. The van der Waals surface area contributed by atoms with Gasteiger partial charge in [0.15, 0.2) is 0 Å². The molecule has 1 amide bonds. The lowest BCUT2D eigenvalue weighted by molar-refractivity contribution is -0.194. The minimum atomic E-state index is -1.24. The van der Waals surface area contributed by atoms with E-state index in [1.165, 1.54) is 0 Å². The molecule has 2 rings (SSSR count). The predicted molar refractivity (Wildman–Crippen MR) is 85.1 cm³/mol. The molecule has 1 aliphatic heterocycles. The van der Waals surface area contributed by atoms with Crippen molar-refractivity contribution in [2.24, 2.45) is 5.41 Å². The number of aliphatic carboxylic acids is 1. The Balaban J connectivity index is 1.92. The zero-order valence-electron chi connectivity index (χ0n) is 14.4. The van der Waals surface area contributed by atoms with E-state index in [9.17, 15) is 14.7 Å². The summed E-state index contributed by atoms with van der Waals surface area (Å²) >= 11 is 0. The van der Waals surface area contributed by atoms with E-state index in [0.29, 0.717) is 25.9 Å². The van der Waals surface area contributed by atoms with Crippen LogP contribution in [0, 0.1) is 5.41 Å². The van der Waals surface area contributed by atoms with Crippen LogP contribution in [0.5, 0.6) is 0 Å². The average Bonchev–Trinajstić information content (AvgIpc) is 2.52. The van der Waals surface area contributed by atoms with Gasteiger partial charge >= 0.3 is 5.97 Å². The van der Waals surface area contributed by atoms with E-state index < -0.39 is 16.9 Å². The molecule has 23 heavy (non-hydrogen) atoms. The first-order valence-corrected chi connectivity index (χ1v) is 8.61. The highest BCUT2D eigenvalue weighted by molar-refractivity contribution is 5.89. The molecule has 0 aromatic rings. The van der Waals surface area contributed by atoms with Gasteiger partial charge in [0.2, 0.25) is 5.91 Å². The quantitative estimate of drug-likeness (QED) is 0.748. The SMILES string of the molecule is CCOC1CC(NC(=O)CCC2CCCCO2)(C(=O)O)C1(C)C. The van der Waals surface area contributed by atoms with Gasteiger partial charge in [0.05, 0.1) is 12.2 Å². The number of hydrogen-bond acceptors (Lipinski definition) is 4.